The third kappa shape index (κ3) is 3.45. The molecule has 0 heterocycles. The normalized spacial score (nSPS) is 10.1. The molecular weight excluding hydrogens is 324 g/mol. The average molecular weight is 335 g/mol. The highest BCUT2D eigenvalue weighted by molar-refractivity contribution is 9.10. The minimum atomic E-state index is -0.957. The van der Waals surface area contributed by atoms with Crippen LogP contribution in [0.25, 0.3) is 0 Å². The van der Waals surface area contributed by atoms with Gasteiger partial charge in [0, 0.05) is 10.0 Å². The van der Waals surface area contributed by atoms with Crippen molar-refractivity contribution in [3.05, 3.63) is 63.6 Å². The lowest BCUT2D eigenvalue weighted by atomic mass is 10.1. The molecule has 0 atom stereocenters. The maximum Gasteiger partial charge on any atom is 0.335 e. The van der Waals surface area contributed by atoms with E-state index >= 15 is 0 Å². The molecule has 0 spiro atoms. The van der Waals surface area contributed by atoms with Crippen molar-refractivity contribution in [2.24, 2.45) is 0 Å². The molecule has 0 bridgehead atoms. The van der Waals surface area contributed by atoms with E-state index < -0.39 is 5.97 Å². The number of hydrogen-bond donors (Lipinski definition) is 1. The molecule has 0 unspecified atom stereocenters. The predicted octanol–water partition coefficient (Wildman–Crippen LogP) is 3.54. The highest BCUT2D eigenvalue weighted by atomic mass is 79.9. The van der Waals surface area contributed by atoms with Gasteiger partial charge >= 0.3 is 5.97 Å². The zero-order chi connectivity index (χ0) is 14.5. The number of carboxylic acids is 1. The predicted molar refractivity (Wildman–Crippen MR) is 77.3 cm³/mol. The fourth-order valence-corrected chi connectivity index (χ4v) is 1.95. The first-order valence-corrected chi connectivity index (χ1v) is 6.59. The summed E-state index contributed by atoms with van der Waals surface area (Å²) in [5.74, 6) is -0.376. The lowest BCUT2D eigenvalue weighted by molar-refractivity contribution is 0.0696. The monoisotopic (exact) mass is 334 g/mol. The van der Waals surface area contributed by atoms with Gasteiger partial charge in [-0.3, -0.25) is 4.79 Å². The summed E-state index contributed by atoms with van der Waals surface area (Å²) in [6, 6.07) is 11.6. The molecule has 0 fully saturated rings. The Balaban J connectivity index is 2.05. The summed E-state index contributed by atoms with van der Waals surface area (Å²) in [5, 5.41) is 8.80. The number of aldehydes is 1. The van der Waals surface area contributed by atoms with Crippen molar-refractivity contribution in [2.75, 3.05) is 0 Å². The Morgan fingerprint density at radius 2 is 1.90 bits per heavy atom. The molecule has 0 saturated heterocycles. The Labute approximate surface area is 124 Å². The maximum absolute atomic E-state index is 10.8. The molecular formula is C15H11BrO4. The Morgan fingerprint density at radius 1 is 1.20 bits per heavy atom. The number of halogens is 1. The summed E-state index contributed by atoms with van der Waals surface area (Å²) < 4.78 is 6.28. The van der Waals surface area contributed by atoms with Crippen LogP contribution >= 0.6 is 15.9 Å². The largest absolute Gasteiger partial charge is 0.489 e. The van der Waals surface area contributed by atoms with Crippen molar-refractivity contribution < 1.29 is 19.4 Å². The summed E-state index contributed by atoms with van der Waals surface area (Å²) in [6.45, 7) is 0.305. The van der Waals surface area contributed by atoms with Gasteiger partial charge in [0.1, 0.15) is 12.4 Å². The Morgan fingerprint density at radius 3 is 2.50 bits per heavy atom. The second kappa shape index (κ2) is 6.34. The molecule has 4 nitrogen and oxygen atoms in total. The summed E-state index contributed by atoms with van der Waals surface area (Å²) >= 11 is 3.27. The first kappa shape index (κ1) is 14.3. The van der Waals surface area contributed by atoms with E-state index in [0.29, 0.717) is 22.4 Å². The van der Waals surface area contributed by atoms with Gasteiger partial charge < -0.3 is 9.84 Å². The Kier molecular flexibility index (Phi) is 4.53. The van der Waals surface area contributed by atoms with Crippen LogP contribution < -0.4 is 4.74 Å². The zero-order valence-corrected chi connectivity index (χ0v) is 12.0. The molecule has 0 saturated carbocycles. The second-order valence-electron chi connectivity index (χ2n) is 4.09. The number of hydrogen-bond acceptors (Lipinski definition) is 3. The van der Waals surface area contributed by atoms with Crippen molar-refractivity contribution in [1.29, 1.82) is 0 Å². The highest BCUT2D eigenvalue weighted by Gasteiger charge is 2.04. The number of carbonyl (C=O) groups excluding carboxylic acids is 1. The lowest BCUT2D eigenvalue weighted by Crippen LogP contribution is -1.99. The van der Waals surface area contributed by atoms with Crippen LogP contribution in [0, 0.1) is 0 Å². The molecule has 0 aliphatic heterocycles. The first-order valence-electron chi connectivity index (χ1n) is 5.80. The van der Waals surface area contributed by atoms with Gasteiger partial charge in [-0.1, -0.05) is 28.1 Å². The molecule has 20 heavy (non-hydrogen) atoms. The van der Waals surface area contributed by atoms with E-state index in [9.17, 15) is 9.59 Å². The summed E-state index contributed by atoms with van der Waals surface area (Å²) in [6.07, 6.45) is 0.749. The number of rotatable bonds is 5. The van der Waals surface area contributed by atoms with Gasteiger partial charge in [-0.25, -0.2) is 4.79 Å². The highest BCUT2D eigenvalue weighted by Crippen LogP contribution is 2.22. The van der Waals surface area contributed by atoms with Gasteiger partial charge in [0.25, 0.3) is 0 Å². The van der Waals surface area contributed by atoms with Crippen LogP contribution in [-0.4, -0.2) is 17.4 Å². The number of ether oxygens (including phenoxy) is 1. The van der Waals surface area contributed by atoms with Crippen LogP contribution in [0.2, 0.25) is 0 Å². The molecule has 0 aliphatic carbocycles. The summed E-state index contributed by atoms with van der Waals surface area (Å²) in [5.41, 5.74) is 1.61. The standard InChI is InChI=1S/C15H11BrO4/c16-14-6-5-13(7-12(14)8-17)20-9-10-1-3-11(4-2-10)15(18)19/h1-8H,9H2,(H,18,19). The minimum Gasteiger partial charge on any atom is -0.489 e. The molecule has 102 valence electrons. The van der Waals surface area contributed by atoms with E-state index in [1.54, 1.807) is 30.3 Å². The van der Waals surface area contributed by atoms with Gasteiger partial charge in [-0.15, -0.1) is 0 Å². The maximum atomic E-state index is 10.8. The molecule has 0 aliphatic rings. The van der Waals surface area contributed by atoms with Crippen LogP contribution in [0.15, 0.2) is 46.9 Å². The Bertz CT molecular complexity index is 635. The van der Waals surface area contributed by atoms with Gasteiger partial charge in [-0.2, -0.15) is 0 Å². The number of carbonyl (C=O) groups is 2. The number of benzene rings is 2. The fourth-order valence-electron chi connectivity index (χ4n) is 1.61. The van der Waals surface area contributed by atoms with Crippen LogP contribution in [0.3, 0.4) is 0 Å². The van der Waals surface area contributed by atoms with E-state index in [1.807, 2.05) is 0 Å². The molecule has 0 aromatic heterocycles. The van der Waals surface area contributed by atoms with Gasteiger partial charge in [0.2, 0.25) is 0 Å². The van der Waals surface area contributed by atoms with Crippen molar-refractivity contribution in [2.45, 2.75) is 6.61 Å². The van der Waals surface area contributed by atoms with Gasteiger partial charge in [0.15, 0.2) is 6.29 Å². The van der Waals surface area contributed by atoms with Crippen molar-refractivity contribution in [3.8, 4) is 5.75 Å². The summed E-state index contributed by atoms with van der Waals surface area (Å²) in [4.78, 5) is 21.5. The van der Waals surface area contributed by atoms with Crippen molar-refractivity contribution >= 4 is 28.2 Å². The quantitative estimate of drug-likeness (QED) is 0.849. The lowest BCUT2D eigenvalue weighted by Gasteiger charge is -2.07. The Hall–Kier alpha value is -2.14. The molecule has 2 aromatic carbocycles. The smallest absolute Gasteiger partial charge is 0.335 e. The number of carboxylic acid groups (broad SMARTS) is 1. The van der Waals surface area contributed by atoms with E-state index in [0.717, 1.165) is 11.8 Å². The van der Waals surface area contributed by atoms with E-state index in [2.05, 4.69) is 15.9 Å². The first-order chi connectivity index (χ1) is 9.60. The third-order valence-electron chi connectivity index (χ3n) is 2.70. The van der Waals surface area contributed by atoms with E-state index in [1.165, 1.54) is 12.1 Å². The number of aromatic carboxylic acids is 1. The van der Waals surface area contributed by atoms with Crippen LogP contribution in [0.4, 0.5) is 0 Å². The van der Waals surface area contributed by atoms with Crippen LogP contribution in [0.1, 0.15) is 26.3 Å². The van der Waals surface area contributed by atoms with Gasteiger partial charge in [0.05, 0.1) is 5.56 Å². The van der Waals surface area contributed by atoms with E-state index in [4.69, 9.17) is 9.84 Å². The van der Waals surface area contributed by atoms with Crippen LogP contribution in [-0.2, 0) is 6.61 Å². The SMILES string of the molecule is O=Cc1cc(OCc2ccc(C(=O)O)cc2)ccc1Br. The van der Waals surface area contributed by atoms with Crippen molar-refractivity contribution in [3.63, 3.8) is 0 Å². The molecule has 0 radical (unpaired) electrons. The molecule has 2 aromatic rings. The average Bonchev–Trinajstić information content (AvgIpc) is 2.46. The zero-order valence-electron chi connectivity index (χ0n) is 10.4. The topological polar surface area (TPSA) is 63.6 Å². The van der Waals surface area contributed by atoms with Gasteiger partial charge in [-0.05, 0) is 35.9 Å². The minimum absolute atomic E-state index is 0.237. The molecule has 5 heteroatoms. The van der Waals surface area contributed by atoms with Crippen LogP contribution in [0.5, 0.6) is 5.75 Å². The second-order valence-corrected chi connectivity index (χ2v) is 4.95. The van der Waals surface area contributed by atoms with Crippen molar-refractivity contribution in [1.82, 2.24) is 0 Å². The molecule has 2 rings (SSSR count). The fraction of sp³-hybridized carbons (Fsp3) is 0.0667. The van der Waals surface area contributed by atoms with E-state index in [-0.39, 0.29) is 5.56 Å². The summed E-state index contributed by atoms with van der Waals surface area (Å²) in [7, 11) is 0. The third-order valence-corrected chi connectivity index (χ3v) is 3.42. The molecule has 1 N–H and O–H groups in total. The molecule has 0 amide bonds.